The SMILES string of the molecule is CC(C)(C)OC(=O)NCC(=O)N1CCN(C(=O)Cc2ccc(O)c3ncccc23)CC1.CNC(=O)OC(C)(C)C. The molecule has 0 bridgehead atoms. The minimum absolute atomic E-state index is 0.0465. The third kappa shape index (κ3) is 10.6. The Morgan fingerprint density at radius 1 is 0.875 bits per heavy atom. The second kappa shape index (κ2) is 13.8. The molecule has 0 atom stereocenters. The Morgan fingerprint density at radius 2 is 1.43 bits per heavy atom. The molecule has 40 heavy (non-hydrogen) atoms. The number of carbonyl (C=O) groups is 4. The number of phenols is 1. The predicted octanol–water partition coefficient (Wildman–Crippen LogP) is 2.82. The van der Waals surface area contributed by atoms with E-state index in [1.165, 1.54) is 7.05 Å². The van der Waals surface area contributed by atoms with Gasteiger partial charge in [-0.25, -0.2) is 9.59 Å². The normalized spacial score (nSPS) is 13.6. The Labute approximate surface area is 235 Å². The predicted molar refractivity (Wildman–Crippen MR) is 150 cm³/mol. The van der Waals surface area contributed by atoms with E-state index in [1.807, 2.05) is 26.8 Å². The molecule has 1 aliphatic rings. The summed E-state index contributed by atoms with van der Waals surface area (Å²) < 4.78 is 9.96. The van der Waals surface area contributed by atoms with Gasteiger partial charge in [0.25, 0.3) is 0 Å². The van der Waals surface area contributed by atoms with Crippen LogP contribution in [0.25, 0.3) is 10.9 Å². The van der Waals surface area contributed by atoms with E-state index in [2.05, 4.69) is 15.6 Å². The Balaban J connectivity index is 0.000000536. The number of alkyl carbamates (subject to hydrolysis) is 2. The third-order valence-electron chi connectivity index (χ3n) is 5.55. The van der Waals surface area contributed by atoms with Gasteiger partial charge in [-0.1, -0.05) is 12.1 Å². The first-order valence-electron chi connectivity index (χ1n) is 13.1. The van der Waals surface area contributed by atoms with Crippen molar-refractivity contribution in [2.75, 3.05) is 39.8 Å². The maximum absolute atomic E-state index is 12.8. The lowest BCUT2D eigenvalue weighted by molar-refractivity contribution is -0.138. The summed E-state index contributed by atoms with van der Waals surface area (Å²) in [7, 11) is 1.54. The van der Waals surface area contributed by atoms with Crippen LogP contribution in [0, 0.1) is 0 Å². The Kier molecular flexibility index (Phi) is 11.1. The van der Waals surface area contributed by atoms with E-state index in [4.69, 9.17) is 9.47 Å². The van der Waals surface area contributed by atoms with Crippen LogP contribution in [0.4, 0.5) is 9.59 Å². The van der Waals surface area contributed by atoms with E-state index >= 15 is 0 Å². The molecule has 0 spiro atoms. The molecule has 0 unspecified atom stereocenters. The molecule has 2 heterocycles. The van der Waals surface area contributed by atoms with Gasteiger partial charge >= 0.3 is 12.2 Å². The molecule has 3 N–H and O–H groups in total. The zero-order chi connectivity index (χ0) is 30.1. The van der Waals surface area contributed by atoms with Crippen molar-refractivity contribution in [3.05, 3.63) is 36.0 Å². The minimum Gasteiger partial charge on any atom is -0.506 e. The molecule has 4 amide bonds. The van der Waals surface area contributed by atoms with Crippen molar-refractivity contribution in [1.29, 1.82) is 0 Å². The lowest BCUT2D eigenvalue weighted by atomic mass is 10.0. The lowest BCUT2D eigenvalue weighted by Crippen LogP contribution is -2.53. The molecule has 1 fully saturated rings. The Hall–Kier alpha value is -4.09. The first kappa shape index (κ1) is 32.1. The van der Waals surface area contributed by atoms with Crippen molar-refractivity contribution >= 4 is 34.9 Å². The average molecular weight is 560 g/mol. The van der Waals surface area contributed by atoms with E-state index < -0.39 is 11.7 Å². The number of fused-ring (bicyclic) bond motifs is 1. The quantitative estimate of drug-likeness (QED) is 0.518. The number of nitrogens with one attached hydrogen (secondary N) is 2. The summed E-state index contributed by atoms with van der Waals surface area (Å²) in [5.41, 5.74) is 0.254. The summed E-state index contributed by atoms with van der Waals surface area (Å²) in [6, 6.07) is 6.88. The van der Waals surface area contributed by atoms with Crippen molar-refractivity contribution in [3.63, 3.8) is 0 Å². The second-order valence-corrected chi connectivity index (χ2v) is 11.2. The number of benzene rings is 1. The molecular weight excluding hydrogens is 518 g/mol. The molecule has 1 saturated heterocycles. The van der Waals surface area contributed by atoms with E-state index in [0.717, 1.165) is 10.9 Å². The van der Waals surface area contributed by atoms with Gasteiger partial charge in [0.2, 0.25) is 11.8 Å². The number of hydrogen-bond acceptors (Lipinski definition) is 8. The third-order valence-corrected chi connectivity index (χ3v) is 5.55. The summed E-state index contributed by atoms with van der Waals surface area (Å²) in [4.78, 5) is 54.8. The van der Waals surface area contributed by atoms with Gasteiger partial charge in [0, 0.05) is 44.8 Å². The van der Waals surface area contributed by atoms with Crippen LogP contribution in [-0.4, -0.2) is 94.9 Å². The molecule has 12 nitrogen and oxygen atoms in total. The monoisotopic (exact) mass is 559 g/mol. The fourth-order valence-corrected chi connectivity index (χ4v) is 3.75. The molecule has 220 valence electrons. The molecule has 0 aliphatic carbocycles. The summed E-state index contributed by atoms with van der Waals surface area (Å²) >= 11 is 0. The van der Waals surface area contributed by atoms with Crippen LogP contribution in [0.15, 0.2) is 30.5 Å². The zero-order valence-corrected chi connectivity index (χ0v) is 24.4. The number of nitrogens with zero attached hydrogens (tertiary/aromatic N) is 3. The minimum atomic E-state index is -0.634. The van der Waals surface area contributed by atoms with Crippen molar-refractivity contribution in [3.8, 4) is 5.75 Å². The zero-order valence-electron chi connectivity index (χ0n) is 24.4. The van der Waals surface area contributed by atoms with E-state index in [1.54, 1.807) is 55.0 Å². The van der Waals surface area contributed by atoms with E-state index in [9.17, 15) is 24.3 Å². The van der Waals surface area contributed by atoms with E-state index in [-0.39, 0.29) is 42.2 Å². The van der Waals surface area contributed by atoms with Gasteiger partial charge in [0.05, 0.1) is 6.42 Å². The van der Waals surface area contributed by atoms with Crippen LogP contribution in [0.3, 0.4) is 0 Å². The maximum atomic E-state index is 12.8. The first-order valence-corrected chi connectivity index (χ1v) is 13.1. The van der Waals surface area contributed by atoms with Gasteiger partial charge in [0.15, 0.2) is 0 Å². The number of ether oxygens (including phenoxy) is 2. The molecule has 1 aliphatic heterocycles. The highest BCUT2D eigenvalue weighted by Crippen LogP contribution is 2.26. The number of rotatable bonds is 4. The summed E-state index contributed by atoms with van der Waals surface area (Å²) in [5, 5.41) is 15.5. The van der Waals surface area contributed by atoms with Crippen LogP contribution in [-0.2, 0) is 25.5 Å². The van der Waals surface area contributed by atoms with Gasteiger partial charge < -0.3 is 35.0 Å². The standard InChI is InChI=1S/C22H28N4O5.C6H13NO2/c1-22(2,3)31-21(30)24-14-19(29)26-11-9-25(10-12-26)18(28)13-15-6-7-17(27)20-16(15)5-4-8-23-20;1-6(2,3)9-5(8)7-4/h4-8,27H,9-14H2,1-3H3,(H,24,30);1-4H3,(H,7,8). The number of piperazine rings is 1. The number of carbonyl (C=O) groups excluding carboxylic acids is 4. The maximum Gasteiger partial charge on any atom is 0.408 e. The van der Waals surface area contributed by atoms with Crippen molar-refractivity contribution in [2.24, 2.45) is 0 Å². The summed E-state index contributed by atoms with van der Waals surface area (Å²) in [5.74, 6) is -0.178. The van der Waals surface area contributed by atoms with Crippen LogP contribution >= 0.6 is 0 Å². The largest absolute Gasteiger partial charge is 0.506 e. The van der Waals surface area contributed by atoms with Gasteiger partial charge in [-0.3, -0.25) is 14.6 Å². The van der Waals surface area contributed by atoms with Gasteiger partial charge in [-0.05, 0) is 59.2 Å². The number of pyridine rings is 1. The van der Waals surface area contributed by atoms with Gasteiger partial charge in [-0.15, -0.1) is 0 Å². The molecule has 1 aromatic heterocycles. The molecule has 2 aromatic rings. The molecular formula is C28H41N5O7. The van der Waals surface area contributed by atoms with Gasteiger partial charge in [-0.2, -0.15) is 0 Å². The lowest BCUT2D eigenvalue weighted by Gasteiger charge is -2.35. The number of aromatic hydroxyl groups is 1. The van der Waals surface area contributed by atoms with Crippen LogP contribution in [0.2, 0.25) is 0 Å². The van der Waals surface area contributed by atoms with E-state index in [0.29, 0.717) is 31.7 Å². The Bertz CT molecular complexity index is 1200. The molecule has 3 rings (SSSR count). The highest BCUT2D eigenvalue weighted by Gasteiger charge is 2.25. The summed E-state index contributed by atoms with van der Waals surface area (Å²) in [6.45, 7) is 12.2. The topological polar surface area (TPSA) is 150 Å². The van der Waals surface area contributed by atoms with Crippen molar-refractivity contribution < 1.29 is 33.8 Å². The number of phenolic OH excluding ortho intramolecular Hbond substituents is 1. The van der Waals surface area contributed by atoms with Crippen LogP contribution < -0.4 is 10.6 Å². The smallest absolute Gasteiger partial charge is 0.408 e. The second-order valence-electron chi connectivity index (χ2n) is 11.2. The number of hydrogen-bond donors (Lipinski definition) is 3. The molecule has 1 aromatic carbocycles. The fraction of sp³-hybridized carbons (Fsp3) is 0.536. The molecule has 0 radical (unpaired) electrons. The highest BCUT2D eigenvalue weighted by atomic mass is 16.6. The highest BCUT2D eigenvalue weighted by molar-refractivity contribution is 5.91. The van der Waals surface area contributed by atoms with Gasteiger partial charge in [0.1, 0.15) is 29.0 Å². The van der Waals surface area contributed by atoms with Crippen LogP contribution in [0.5, 0.6) is 5.75 Å². The fourth-order valence-electron chi connectivity index (χ4n) is 3.75. The number of amides is 4. The summed E-state index contributed by atoms with van der Waals surface area (Å²) in [6.07, 6.45) is 0.769. The average Bonchev–Trinajstić information content (AvgIpc) is 2.87. The van der Waals surface area contributed by atoms with Crippen LogP contribution in [0.1, 0.15) is 47.1 Å². The Morgan fingerprint density at radius 3 is 1.95 bits per heavy atom. The van der Waals surface area contributed by atoms with Crippen molar-refractivity contribution in [1.82, 2.24) is 25.4 Å². The first-order chi connectivity index (χ1) is 18.6. The molecule has 12 heteroatoms. The molecule has 0 saturated carbocycles. The van der Waals surface area contributed by atoms with Crippen molar-refractivity contribution in [2.45, 2.75) is 59.2 Å². The number of aromatic nitrogens is 1.